The van der Waals surface area contributed by atoms with Crippen LogP contribution in [0.2, 0.25) is 0 Å². The van der Waals surface area contributed by atoms with Crippen LogP contribution in [-0.4, -0.2) is 76.5 Å². The smallest absolute Gasteiger partial charge is 0.261 e. The third kappa shape index (κ3) is 4.09. The zero-order chi connectivity index (χ0) is 22.1. The van der Waals surface area contributed by atoms with Crippen molar-refractivity contribution >= 4 is 23.1 Å². The standard InChI is InChI=1S/C22H26N6O3/c1-14-11-15(2)28-20(24-14)17(13-23-28)21(29)25-18-12-16(5-6-19(18)31-4)22(30)27-9-7-26(3)8-10-27/h5-6,11-13H,7-10H2,1-4H3,(H,25,29). The van der Waals surface area contributed by atoms with Crippen molar-refractivity contribution in [1.29, 1.82) is 0 Å². The molecule has 31 heavy (non-hydrogen) atoms. The van der Waals surface area contributed by atoms with Crippen LogP contribution in [0.4, 0.5) is 5.69 Å². The normalized spacial score (nSPS) is 14.6. The summed E-state index contributed by atoms with van der Waals surface area (Å²) in [6.45, 7) is 6.81. The highest BCUT2D eigenvalue weighted by Gasteiger charge is 2.22. The molecule has 0 spiro atoms. The fraction of sp³-hybridized carbons (Fsp3) is 0.364. The maximum atomic E-state index is 13.0. The molecular formula is C22H26N6O3. The van der Waals surface area contributed by atoms with Gasteiger partial charge in [0.2, 0.25) is 0 Å². The zero-order valence-corrected chi connectivity index (χ0v) is 18.2. The number of likely N-dealkylation sites (N-methyl/N-ethyl adjacent to an activating group) is 1. The molecule has 0 unspecified atom stereocenters. The van der Waals surface area contributed by atoms with Crippen LogP contribution in [0.3, 0.4) is 0 Å². The summed E-state index contributed by atoms with van der Waals surface area (Å²) in [6, 6.07) is 6.98. The van der Waals surface area contributed by atoms with Gasteiger partial charge in [-0.15, -0.1) is 0 Å². The molecule has 0 aliphatic carbocycles. The topological polar surface area (TPSA) is 92.1 Å². The van der Waals surface area contributed by atoms with E-state index in [9.17, 15) is 9.59 Å². The predicted molar refractivity (Wildman–Crippen MR) is 117 cm³/mol. The molecule has 9 nitrogen and oxygen atoms in total. The molecule has 1 N–H and O–H groups in total. The molecule has 2 aromatic heterocycles. The van der Waals surface area contributed by atoms with Crippen LogP contribution in [0.1, 0.15) is 32.1 Å². The van der Waals surface area contributed by atoms with E-state index in [1.807, 2.05) is 31.9 Å². The van der Waals surface area contributed by atoms with Gasteiger partial charge in [0.1, 0.15) is 11.3 Å². The number of hydrogen-bond acceptors (Lipinski definition) is 6. The van der Waals surface area contributed by atoms with E-state index in [4.69, 9.17) is 4.74 Å². The van der Waals surface area contributed by atoms with Gasteiger partial charge < -0.3 is 19.9 Å². The van der Waals surface area contributed by atoms with Crippen molar-refractivity contribution in [3.05, 3.63) is 53.0 Å². The molecule has 1 aromatic carbocycles. The van der Waals surface area contributed by atoms with Crippen molar-refractivity contribution < 1.29 is 14.3 Å². The van der Waals surface area contributed by atoms with Crippen LogP contribution in [-0.2, 0) is 0 Å². The Morgan fingerprint density at radius 1 is 1.10 bits per heavy atom. The number of methoxy groups -OCH3 is 1. The van der Waals surface area contributed by atoms with Crippen molar-refractivity contribution in [2.45, 2.75) is 13.8 Å². The number of nitrogens with zero attached hydrogens (tertiary/aromatic N) is 5. The number of nitrogens with one attached hydrogen (secondary N) is 1. The predicted octanol–water partition coefficient (Wildman–Crippen LogP) is 1.99. The third-order valence-electron chi connectivity index (χ3n) is 5.51. The van der Waals surface area contributed by atoms with Crippen molar-refractivity contribution in [2.75, 3.05) is 45.7 Å². The lowest BCUT2D eigenvalue weighted by Crippen LogP contribution is -2.47. The summed E-state index contributed by atoms with van der Waals surface area (Å²) in [4.78, 5) is 34.5. The summed E-state index contributed by atoms with van der Waals surface area (Å²) in [5.41, 5.74) is 3.46. The lowest BCUT2D eigenvalue weighted by Gasteiger charge is -2.32. The number of carbonyl (C=O) groups is 2. The van der Waals surface area contributed by atoms with Gasteiger partial charge in [0.15, 0.2) is 5.65 Å². The highest BCUT2D eigenvalue weighted by molar-refractivity contribution is 6.09. The molecule has 0 radical (unpaired) electrons. The highest BCUT2D eigenvalue weighted by atomic mass is 16.5. The van der Waals surface area contributed by atoms with Crippen LogP contribution in [0.25, 0.3) is 5.65 Å². The average Bonchev–Trinajstić information content (AvgIpc) is 3.18. The van der Waals surface area contributed by atoms with Gasteiger partial charge >= 0.3 is 0 Å². The Hall–Kier alpha value is -3.46. The molecule has 1 aliphatic rings. The van der Waals surface area contributed by atoms with E-state index in [2.05, 4.69) is 20.3 Å². The molecule has 3 aromatic rings. The number of hydrogen-bond donors (Lipinski definition) is 1. The van der Waals surface area contributed by atoms with Crippen LogP contribution >= 0.6 is 0 Å². The maximum absolute atomic E-state index is 13.0. The molecule has 9 heteroatoms. The van der Waals surface area contributed by atoms with E-state index in [1.165, 1.54) is 13.3 Å². The number of ether oxygens (including phenoxy) is 1. The summed E-state index contributed by atoms with van der Waals surface area (Å²) in [6.07, 6.45) is 1.50. The quantitative estimate of drug-likeness (QED) is 0.691. The molecule has 4 rings (SSSR count). The molecule has 2 amide bonds. The maximum Gasteiger partial charge on any atom is 0.261 e. The number of piperazine rings is 1. The Balaban J connectivity index is 1.61. The second kappa shape index (κ2) is 8.35. The second-order valence-corrected chi connectivity index (χ2v) is 7.80. The van der Waals surface area contributed by atoms with Gasteiger partial charge in [-0.25, -0.2) is 9.50 Å². The fourth-order valence-electron chi connectivity index (χ4n) is 3.75. The molecule has 0 atom stereocenters. The molecule has 1 fully saturated rings. The number of aryl methyl sites for hydroxylation is 2. The monoisotopic (exact) mass is 422 g/mol. The van der Waals surface area contributed by atoms with E-state index in [-0.39, 0.29) is 11.8 Å². The van der Waals surface area contributed by atoms with Crippen LogP contribution < -0.4 is 10.1 Å². The molecule has 1 aliphatic heterocycles. The summed E-state index contributed by atoms with van der Waals surface area (Å²) < 4.78 is 7.03. The average molecular weight is 422 g/mol. The van der Waals surface area contributed by atoms with E-state index < -0.39 is 0 Å². The minimum absolute atomic E-state index is 0.0600. The Bertz CT molecular complexity index is 1150. The Morgan fingerprint density at radius 3 is 2.55 bits per heavy atom. The molecule has 3 heterocycles. The molecular weight excluding hydrogens is 396 g/mol. The number of fused-ring (bicyclic) bond motifs is 1. The third-order valence-corrected chi connectivity index (χ3v) is 5.51. The first-order valence-electron chi connectivity index (χ1n) is 10.2. The van der Waals surface area contributed by atoms with Crippen LogP contribution in [0.5, 0.6) is 5.75 Å². The van der Waals surface area contributed by atoms with Gasteiger partial charge in [-0.1, -0.05) is 0 Å². The van der Waals surface area contributed by atoms with Gasteiger partial charge in [0.25, 0.3) is 11.8 Å². The van der Waals surface area contributed by atoms with Gasteiger partial charge in [-0.05, 0) is 45.2 Å². The van der Waals surface area contributed by atoms with Crippen LogP contribution in [0, 0.1) is 13.8 Å². The zero-order valence-electron chi connectivity index (χ0n) is 18.2. The first-order chi connectivity index (χ1) is 14.9. The first-order valence-corrected chi connectivity index (χ1v) is 10.2. The fourth-order valence-corrected chi connectivity index (χ4v) is 3.75. The summed E-state index contributed by atoms with van der Waals surface area (Å²) in [7, 11) is 3.57. The SMILES string of the molecule is COc1ccc(C(=O)N2CCN(C)CC2)cc1NC(=O)c1cnn2c(C)cc(C)nc12. The van der Waals surface area contributed by atoms with Crippen molar-refractivity contribution in [3.8, 4) is 5.75 Å². The second-order valence-electron chi connectivity index (χ2n) is 7.80. The Kier molecular flexibility index (Phi) is 5.60. The Labute approximate surface area is 180 Å². The van der Waals surface area contributed by atoms with Gasteiger partial charge in [-0.3, -0.25) is 9.59 Å². The van der Waals surface area contributed by atoms with Crippen LogP contribution in [0.15, 0.2) is 30.5 Å². The van der Waals surface area contributed by atoms with E-state index >= 15 is 0 Å². The van der Waals surface area contributed by atoms with Gasteiger partial charge in [0.05, 0.1) is 19.0 Å². The molecule has 162 valence electrons. The van der Waals surface area contributed by atoms with E-state index in [0.29, 0.717) is 41.3 Å². The lowest BCUT2D eigenvalue weighted by atomic mass is 10.1. The number of benzene rings is 1. The Morgan fingerprint density at radius 2 is 1.84 bits per heavy atom. The minimum Gasteiger partial charge on any atom is -0.495 e. The van der Waals surface area contributed by atoms with E-state index in [0.717, 1.165) is 24.5 Å². The molecule has 1 saturated heterocycles. The number of rotatable bonds is 4. The lowest BCUT2D eigenvalue weighted by molar-refractivity contribution is 0.0664. The number of aromatic nitrogens is 3. The van der Waals surface area contributed by atoms with Gasteiger partial charge in [-0.2, -0.15) is 5.10 Å². The molecule has 0 bridgehead atoms. The summed E-state index contributed by atoms with van der Waals surface area (Å²) >= 11 is 0. The largest absolute Gasteiger partial charge is 0.495 e. The minimum atomic E-state index is -0.366. The summed E-state index contributed by atoms with van der Waals surface area (Å²) in [5, 5.41) is 7.14. The number of carbonyl (C=O) groups excluding carboxylic acids is 2. The van der Waals surface area contributed by atoms with E-state index in [1.54, 1.807) is 22.7 Å². The van der Waals surface area contributed by atoms with Crippen molar-refractivity contribution in [3.63, 3.8) is 0 Å². The number of anilines is 1. The van der Waals surface area contributed by atoms with Crippen molar-refractivity contribution in [1.82, 2.24) is 24.4 Å². The highest BCUT2D eigenvalue weighted by Crippen LogP contribution is 2.27. The van der Waals surface area contributed by atoms with Gasteiger partial charge in [0, 0.05) is 43.1 Å². The molecule has 0 saturated carbocycles. The first kappa shape index (κ1) is 20.8. The summed E-state index contributed by atoms with van der Waals surface area (Å²) in [5.74, 6) is 0.0465. The number of amides is 2. The van der Waals surface area contributed by atoms with Crippen molar-refractivity contribution in [2.24, 2.45) is 0 Å².